The number of nitrogens with one attached hydrogen (secondary N) is 1. The van der Waals surface area contributed by atoms with Crippen LogP contribution in [0.3, 0.4) is 0 Å². The van der Waals surface area contributed by atoms with E-state index >= 15 is 0 Å². The Morgan fingerprint density at radius 3 is 2.80 bits per heavy atom. The molecule has 2 aromatic rings. The Morgan fingerprint density at radius 2 is 2.20 bits per heavy atom. The van der Waals surface area contributed by atoms with Crippen LogP contribution >= 0.6 is 0 Å². The minimum Gasteiger partial charge on any atom is -0.495 e. The van der Waals surface area contributed by atoms with E-state index in [4.69, 9.17) is 15.6 Å². The first-order chi connectivity index (χ1) is 7.11. The van der Waals surface area contributed by atoms with Gasteiger partial charge in [0.1, 0.15) is 11.4 Å². The van der Waals surface area contributed by atoms with Gasteiger partial charge >= 0.3 is 5.97 Å². The molecule has 0 spiro atoms. The second-order valence-electron chi connectivity index (χ2n) is 3.17. The lowest BCUT2D eigenvalue weighted by Crippen LogP contribution is -1.94. The molecular formula is C10H10N2O3. The first-order valence-electron chi connectivity index (χ1n) is 4.31. The average Bonchev–Trinajstić information content (AvgIpc) is 2.59. The van der Waals surface area contributed by atoms with Crippen molar-refractivity contribution in [3.05, 3.63) is 23.9 Å². The predicted octanol–water partition coefficient (Wildman–Crippen LogP) is 1.46. The SMILES string of the molecule is COc1cc2cc(C(=O)O)[nH]c2cc1N. The van der Waals surface area contributed by atoms with Crippen LogP contribution in [0.1, 0.15) is 10.5 Å². The highest BCUT2D eigenvalue weighted by molar-refractivity contribution is 5.95. The minimum absolute atomic E-state index is 0.137. The minimum atomic E-state index is -0.997. The molecule has 15 heavy (non-hydrogen) atoms. The van der Waals surface area contributed by atoms with Crippen molar-refractivity contribution in [2.75, 3.05) is 12.8 Å². The van der Waals surface area contributed by atoms with Gasteiger partial charge in [0.25, 0.3) is 0 Å². The van der Waals surface area contributed by atoms with E-state index in [9.17, 15) is 4.79 Å². The highest BCUT2D eigenvalue weighted by Gasteiger charge is 2.09. The number of anilines is 1. The molecule has 5 nitrogen and oxygen atoms in total. The highest BCUT2D eigenvalue weighted by Crippen LogP contribution is 2.28. The number of carboxylic acid groups (broad SMARTS) is 1. The average molecular weight is 206 g/mol. The molecule has 0 radical (unpaired) electrons. The largest absolute Gasteiger partial charge is 0.495 e. The van der Waals surface area contributed by atoms with Gasteiger partial charge in [-0.25, -0.2) is 4.79 Å². The maximum atomic E-state index is 10.7. The van der Waals surface area contributed by atoms with E-state index in [1.54, 1.807) is 18.2 Å². The molecule has 0 aliphatic heterocycles. The Balaban J connectivity index is 2.66. The molecule has 0 aliphatic carbocycles. The Hall–Kier alpha value is -2.17. The topological polar surface area (TPSA) is 88.3 Å². The van der Waals surface area contributed by atoms with Gasteiger partial charge < -0.3 is 20.6 Å². The van der Waals surface area contributed by atoms with Gasteiger partial charge in [0.05, 0.1) is 12.8 Å². The second kappa shape index (κ2) is 3.20. The Bertz CT molecular complexity index is 531. The summed E-state index contributed by atoms with van der Waals surface area (Å²) in [5.74, 6) is -0.456. The number of ether oxygens (including phenoxy) is 1. The van der Waals surface area contributed by atoms with Crippen LogP contribution in [0.5, 0.6) is 5.75 Å². The van der Waals surface area contributed by atoms with E-state index in [2.05, 4.69) is 4.98 Å². The van der Waals surface area contributed by atoms with E-state index in [0.29, 0.717) is 17.0 Å². The third-order valence-corrected chi connectivity index (χ3v) is 2.20. The van der Waals surface area contributed by atoms with Crippen molar-refractivity contribution in [3.8, 4) is 5.75 Å². The summed E-state index contributed by atoms with van der Waals surface area (Å²) in [5, 5.41) is 9.55. The van der Waals surface area contributed by atoms with Gasteiger partial charge in [-0.05, 0) is 18.2 Å². The van der Waals surface area contributed by atoms with E-state index < -0.39 is 5.97 Å². The number of fused-ring (bicyclic) bond motifs is 1. The number of nitrogens with two attached hydrogens (primary N) is 1. The number of carboxylic acids is 1. The summed E-state index contributed by atoms with van der Waals surface area (Å²) < 4.78 is 5.04. The summed E-state index contributed by atoms with van der Waals surface area (Å²) in [5.41, 5.74) is 6.99. The number of aromatic nitrogens is 1. The zero-order valence-electron chi connectivity index (χ0n) is 8.07. The van der Waals surface area contributed by atoms with Gasteiger partial charge in [0.15, 0.2) is 0 Å². The molecule has 0 bridgehead atoms. The van der Waals surface area contributed by atoms with Crippen LogP contribution in [0.4, 0.5) is 5.69 Å². The van der Waals surface area contributed by atoms with Crippen LogP contribution in [0, 0.1) is 0 Å². The standard InChI is InChI=1S/C10H10N2O3/c1-15-9-3-5-2-8(10(13)14)12-7(5)4-6(9)11/h2-4,12H,11H2,1H3,(H,13,14). The lowest BCUT2D eigenvalue weighted by atomic mass is 10.2. The predicted molar refractivity (Wildman–Crippen MR) is 56.2 cm³/mol. The van der Waals surface area contributed by atoms with Crippen molar-refractivity contribution in [1.82, 2.24) is 4.98 Å². The van der Waals surface area contributed by atoms with Crippen molar-refractivity contribution in [2.24, 2.45) is 0 Å². The van der Waals surface area contributed by atoms with Gasteiger partial charge in [-0.15, -0.1) is 0 Å². The van der Waals surface area contributed by atoms with Gasteiger partial charge in [-0.3, -0.25) is 0 Å². The Morgan fingerprint density at radius 1 is 1.47 bits per heavy atom. The molecule has 1 aromatic heterocycles. The van der Waals surface area contributed by atoms with Crippen LogP contribution in [0.15, 0.2) is 18.2 Å². The van der Waals surface area contributed by atoms with Crippen molar-refractivity contribution in [2.45, 2.75) is 0 Å². The van der Waals surface area contributed by atoms with Crippen molar-refractivity contribution >= 4 is 22.6 Å². The maximum Gasteiger partial charge on any atom is 0.352 e. The lowest BCUT2D eigenvalue weighted by Gasteiger charge is -2.03. The first-order valence-corrected chi connectivity index (χ1v) is 4.31. The number of nitrogen functional groups attached to an aromatic ring is 1. The lowest BCUT2D eigenvalue weighted by molar-refractivity contribution is 0.0691. The zero-order valence-corrected chi connectivity index (χ0v) is 8.07. The number of hydrogen-bond donors (Lipinski definition) is 3. The van der Waals surface area contributed by atoms with Crippen LogP contribution < -0.4 is 10.5 Å². The molecule has 0 unspecified atom stereocenters. The summed E-state index contributed by atoms with van der Waals surface area (Å²) >= 11 is 0. The molecule has 78 valence electrons. The first kappa shape index (κ1) is 9.39. The highest BCUT2D eigenvalue weighted by atomic mass is 16.5. The fraction of sp³-hybridized carbons (Fsp3) is 0.100. The Kier molecular flexibility index (Phi) is 2.00. The summed E-state index contributed by atoms with van der Waals surface area (Å²) in [6, 6.07) is 4.90. The Labute approximate surface area is 85.5 Å². The van der Waals surface area contributed by atoms with Gasteiger partial charge in [0.2, 0.25) is 0 Å². The van der Waals surface area contributed by atoms with Gasteiger partial charge in [-0.1, -0.05) is 0 Å². The molecule has 0 amide bonds. The molecule has 2 rings (SSSR count). The van der Waals surface area contributed by atoms with Crippen molar-refractivity contribution in [1.29, 1.82) is 0 Å². The van der Waals surface area contributed by atoms with Crippen LogP contribution in [0.25, 0.3) is 10.9 Å². The number of benzene rings is 1. The number of carbonyl (C=O) groups is 1. The molecule has 5 heteroatoms. The zero-order chi connectivity index (χ0) is 11.0. The molecule has 4 N–H and O–H groups in total. The van der Waals surface area contributed by atoms with Gasteiger partial charge in [-0.2, -0.15) is 0 Å². The van der Waals surface area contributed by atoms with Crippen LogP contribution in [0.2, 0.25) is 0 Å². The van der Waals surface area contributed by atoms with E-state index in [1.807, 2.05) is 0 Å². The number of methoxy groups -OCH3 is 1. The second-order valence-corrected chi connectivity index (χ2v) is 3.17. The number of aromatic amines is 1. The molecule has 0 saturated heterocycles. The number of rotatable bonds is 2. The summed E-state index contributed by atoms with van der Waals surface area (Å²) in [4.78, 5) is 13.5. The summed E-state index contributed by atoms with van der Waals surface area (Å²) in [6.45, 7) is 0. The normalized spacial score (nSPS) is 10.5. The summed E-state index contributed by atoms with van der Waals surface area (Å²) in [6.07, 6.45) is 0. The molecule has 0 fully saturated rings. The number of hydrogen-bond acceptors (Lipinski definition) is 3. The monoisotopic (exact) mass is 206 g/mol. The maximum absolute atomic E-state index is 10.7. The number of aromatic carboxylic acids is 1. The van der Waals surface area contributed by atoms with Crippen LogP contribution in [-0.2, 0) is 0 Å². The molecular weight excluding hydrogens is 196 g/mol. The molecule has 0 saturated carbocycles. The third-order valence-electron chi connectivity index (χ3n) is 2.20. The quantitative estimate of drug-likeness (QED) is 0.649. The molecule has 0 atom stereocenters. The smallest absolute Gasteiger partial charge is 0.352 e. The van der Waals surface area contributed by atoms with Crippen LogP contribution in [-0.4, -0.2) is 23.2 Å². The fourth-order valence-electron chi connectivity index (χ4n) is 1.47. The van der Waals surface area contributed by atoms with E-state index in [0.717, 1.165) is 5.39 Å². The van der Waals surface area contributed by atoms with E-state index in [1.165, 1.54) is 7.11 Å². The fourth-order valence-corrected chi connectivity index (χ4v) is 1.47. The van der Waals surface area contributed by atoms with E-state index in [-0.39, 0.29) is 5.69 Å². The molecule has 0 aliphatic rings. The van der Waals surface area contributed by atoms with Gasteiger partial charge in [0, 0.05) is 10.9 Å². The van der Waals surface area contributed by atoms with Crippen molar-refractivity contribution in [3.63, 3.8) is 0 Å². The molecule has 1 aromatic carbocycles. The molecule has 1 heterocycles. The summed E-state index contributed by atoms with van der Waals surface area (Å²) in [7, 11) is 1.52. The third kappa shape index (κ3) is 1.48. The van der Waals surface area contributed by atoms with Crippen molar-refractivity contribution < 1.29 is 14.6 Å². The number of H-pyrrole nitrogens is 1.